The van der Waals surface area contributed by atoms with Crippen LogP contribution in [0.25, 0.3) is 0 Å². The lowest BCUT2D eigenvalue weighted by Gasteiger charge is -2.30. The highest BCUT2D eigenvalue weighted by Crippen LogP contribution is 2.32. The molecule has 2 heterocycles. The number of hydrogen-bond acceptors (Lipinski definition) is 4. The Bertz CT molecular complexity index is 609. The monoisotopic (exact) mass is 282 g/mol. The van der Waals surface area contributed by atoms with Crippen molar-refractivity contribution in [3.63, 3.8) is 0 Å². The molecule has 0 unspecified atom stereocenters. The largest absolute Gasteiger partial charge is 0.370 e. The van der Waals surface area contributed by atoms with Crippen LogP contribution < -0.4 is 10.2 Å². The van der Waals surface area contributed by atoms with E-state index in [0.717, 1.165) is 37.6 Å². The summed E-state index contributed by atoms with van der Waals surface area (Å²) in [5, 5.41) is 3.37. The van der Waals surface area contributed by atoms with Gasteiger partial charge in [0.15, 0.2) is 0 Å². The van der Waals surface area contributed by atoms with Crippen LogP contribution in [0.2, 0.25) is 0 Å². The maximum Gasteiger partial charge on any atom is 0.138 e. The molecule has 21 heavy (non-hydrogen) atoms. The number of nitrogens with zero attached hydrogens (tertiary/aromatic N) is 3. The third-order valence-corrected chi connectivity index (χ3v) is 3.73. The van der Waals surface area contributed by atoms with Gasteiger partial charge in [-0.25, -0.2) is 9.97 Å². The van der Waals surface area contributed by atoms with E-state index in [1.54, 1.807) is 6.33 Å². The molecule has 0 bridgehead atoms. The van der Waals surface area contributed by atoms with Crippen molar-refractivity contribution >= 4 is 17.3 Å². The first kappa shape index (κ1) is 13.9. The minimum Gasteiger partial charge on any atom is -0.370 e. The van der Waals surface area contributed by atoms with Gasteiger partial charge in [-0.15, -0.1) is 0 Å². The summed E-state index contributed by atoms with van der Waals surface area (Å²) in [5.41, 5.74) is 2.68. The van der Waals surface area contributed by atoms with Gasteiger partial charge in [-0.1, -0.05) is 32.0 Å². The highest BCUT2D eigenvalue weighted by molar-refractivity contribution is 5.66. The molecule has 0 spiro atoms. The van der Waals surface area contributed by atoms with Crippen molar-refractivity contribution in [3.05, 3.63) is 42.2 Å². The van der Waals surface area contributed by atoms with E-state index in [0.29, 0.717) is 5.92 Å². The second kappa shape index (κ2) is 6.12. The molecule has 1 aliphatic heterocycles. The molecule has 3 rings (SSSR count). The van der Waals surface area contributed by atoms with Crippen LogP contribution in [-0.2, 0) is 6.42 Å². The van der Waals surface area contributed by atoms with E-state index in [9.17, 15) is 0 Å². The second-order valence-corrected chi connectivity index (χ2v) is 5.92. The van der Waals surface area contributed by atoms with Crippen molar-refractivity contribution in [2.45, 2.75) is 26.7 Å². The fourth-order valence-corrected chi connectivity index (χ4v) is 2.67. The van der Waals surface area contributed by atoms with Gasteiger partial charge in [-0.05, 0) is 30.4 Å². The van der Waals surface area contributed by atoms with Gasteiger partial charge in [0.1, 0.15) is 18.0 Å². The van der Waals surface area contributed by atoms with Crippen molar-refractivity contribution in [1.29, 1.82) is 0 Å². The summed E-state index contributed by atoms with van der Waals surface area (Å²) >= 11 is 0. The average Bonchev–Trinajstić information content (AvgIpc) is 2.52. The highest BCUT2D eigenvalue weighted by atomic mass is 15.2. The molecule has 4 heteroatoms. The van der Waals surface area contributed by atoms with Crippen LogP contribution in [0.4, 0.5) is 17.3 Å². The maximum absolute atomic E-state index is 4.46. The van der Waals surface area contributed by atoms with Crippen LogP contribution in [0.3, 0.4) is 0 Å². The minimum absolute atomic E-state index is 0.596. The van der Waals surface area contributed by atoms with E-state index in [-0.39, 0.29) is 0 Å². The van der Waals surface area contributed by atoms with Gasteiger partial charge in [-0.3, -0.25) is 0 Å². The predicted molar refractivity (Wildman–Crippen MR) is 87.1 cm³/mol. The average molecular weight is 282 g/mol. The van der Waals surface area contributed by atoms with Crippen molar-refractivity contribution < 1.29 is 0 Å². The summed E-state index contributed by atoms with van der Waals surface area (Å²) in [6, 6.07) is 10.6. The molecule has 0 fully saturated rings. The van der Waals surface area contributed by atoms with E-state index in [1.165, 1.54) is 11.3 Å². The number of aromatic nitrogens is 2. The lowest BCUT2D eigenvalue weighted by Crippen LogP contribution is -2.25. The molecule has 2 aromatic rings. The zero-order valence-corrected chi connectivity index (χ0v) is 12.7. The lowest BCUT2D eigenvalue weighted by molar-refractivity contribution is 0.686. The fraction of sp³-hybridized carbons (Fsp3) is 0.412. The van der Waals surface area contributed by atoms with Crippen LogP contribution in [0.15, 0.2) is 36.7 Å². The first-order valence-corrected chi connectivity index (χ1v) is 7.65. The molecule has 1 aromatic heterocycles. The van der Waals surface area contributed by atoms with Gasteiger partial charge in [0, 0.05) is 24.8 Å². The SMILES string of the molecule is CC(C)CNc1cc(N2CCCc3ccccc32)ncn1. The van der Waals surface area contributed by atoms with Crippen LogP contribution in [0, 0.1) is 5.92 Å². The van der Waals surface area contributed by atoms with Gasteiger partial charge in [0.05, 0.1) is 0 Å². The van der Waals surface area contributed by atoms with E-state index >= 15 is 0 Å². The summed E-state index contributed by atoms with van der Waals surface area (Å²) in [4.78, 5) is 11.1. The molecule has 1 N–H and O–H groups in total. The number of para-hydroxylation sites is 1. The quantitative estimate of drug-likeness (QED) is 0.929. The number of aryl methyl sites for hydroxylation is 1. The number of anilines is 3. The number of nitrogens with one attached hydrogen (secondary N) is 1. The Kier molecular flexibility index (Phi) is 4.04. The Morgan fingerprint density at radius 2 is 2.10 bits per heavy atom. The van der Waals surface area contributed by atoms with Gasteiger partial charge >= 0.3 is 0 Å². The second-order valence-electron chi connectivity index (χ2n) is 5.92. The minimum atomic E-state index is 0.596. The molecular weight excluding hydrogens is 260 g/mol. The van der Waals surface area contributed by atoms with Gasteiger partial charge in [-0.2, -0.15) is 0 Å². The lowest BCUT2D eigenvalue weighted by atomic mass is 10.0. The van der Waals surface area contributed by atoms with E-state index in [1.807, 2.05) is 6.07 Å². The molecule has 0 atom stereocenters. The highest BCUT2D eigenvalue weighted by Gasteiger charge is 2.18. The summed E-state index contributed by atoms with van der Waals surface area (Å²) in [6.07, 6.45) is 3.96. The van der Waals surface area contributed by atoms with Gasteiger partial charge < -0.3 is 10.2 Å². The molecule has 0 saturated carbocycles. The molecule has 110 valence electrons. The van der Waals surface area contributed by atoms with Crippen molar-refractivity contribution in [1.82, 2.24) is 9.97 Å². The molecular formula is C17H22N4. The number of benzene rings is 1. The van der Waals surface area contributed by atoms with E-state index < -0.39 is 0 Å². The number of hydrogen-bond donors (Lipinski definition) is 1. The molecule has 0 aliphatic carbocycles. The zero-order chi connectivity index (χ0) is 14.7. The van der Waals surface area contributed by atoms with Crippen LogP contribution >= 0.6 is 0 Å². The number of rotatable bonds is 4. The Morgan fingerprint density at radius 3 is 2.95 bits per heavy atom. The van der Waals surface area contributed by atoms with Crippen molar-refractivity contribution in [2.75, 3.05) is 23.3 Å². The summed E-state index contributed by atoms with van der Waals surface area (Å²) in [5.74, 6) is 2.47. The van der Waals surface area contributed by atoms with Crippen LogP contribution in [-0.4, -0.2) is 23.1 Å². The van der Waals surface area contributed by atoms with E-state index in [2.05, 4.69) is 58.3 Å². The summed E-state index contributed by atoms with van der Waals surface area (Å²) in [6.45, 7) is 6.32. The van der Waals surface area contributed by atoms with Crippen molar-refractivity contribution in [2.24, 2.45) is 5.92 Å². The molecule has 0 amide bonds. The fourth-order valence-electron chi connectivity index (χ4n) is 2.67. The topological polar surface area (TPSA) is 41.0 Å². The smallest absolute Gasteiger partial charge is 0.138 e. The van der Waals surface area contributed by atoms with Gasteiger partial charge in [0.25, 0.3) is 0 Å². The summed E-state index contributed by atoms with van der Waals surface area (Å²) < 4.78 is 0. The Hall–Kier alpha value is -2.10. The zero-order valence-electron chi connectivity index (χ0n) is 12.7. The van der Waals surface area contributed by atoms with Crippen LogP contribution in [0.1, 0.15) is 25.8 Å². The Labute approximate surface area is 126 Å². The van der Waals surface area contributed by atoms with Gasteiger partial charge in [0.2, 0.25) is 0 Å². The molecule has 0 saturated heterocycles. The Morgan fingerprint density at radius 1 is 1.24 bits per heavy atom. The van der Waals surface area contributed by atoms with E-state index in [4.69, 9.17) is 0 Å². The van der Waals surface area contributed by atoms with Crippen LogP contribution in [0.5, 0.6) is 0 Å². The molecule has 4 nitrogen and oxygen atoms in total. The molecule has 1 aliphatic rings. The van der Waals surface area contributed by atoms with Crippen molar-refractivity contribution in [3.8, 4) is 0 Å². The third kappa shape index (κ3) is 3.15. The summed E-state index contributed by atoms with van der Waals surface area (Å²) in [7, 11) is 0. The predicted octanol–water partition coefficient (Wildman–Crippen LogP) is 3.63. The first-order chi connectivity index (χ1) is 10.2. The first-order valence-electron chi connectivity index (χ1n) is 7.65. The third-order valence-electron chi connectivity index (χ3n) is 3.73. The maximum atomic E-state index is 4.46. The number of fused-ring (bicyclic) bond motifs is 1. The Balaban J connectivity index is 1.86. The molecule has 1 aromatic carbocycles. The standard InChI is InChI=1S/C17H22N4/c1-13(2)11-18-16-10-17(20-12-19-16)21-9-5-7-14-6-3-4-8-15(14)21/h3-4,6,8,10,12-13H,5,7,9,11H2,1-2H3,(H,18,19,20). The normalized spacial score (nSPS) is 14.1. The molecule has 0 radical (unpaired) electrons.